The molecule has 0 heterocycles. The van der Waals surface area contributed by atoms with E-state index in [4.69, 9.17) is 9.88 Å². The average Bonchev–Trinajstić information content (AvgIpc) is 2.64. The Balaban J connectivity index is 1.95. The molecule has 0 radical (unpaired) electrons. The van der Waals surface area contributed by atoms with E-state index >= 15 is 0 Å². The van der Waals surface area contributed by atoms with Gasteiger partial charge in [-0.2, -0.15) is 0 Å². The Morgan fingerprint density at radius 1 is 1.15 bits per heavy atom. The van der Waals surface area contributed by atoms with Crippen LogP contribution in [0.1, 0.15) is 22.3 Å². The molecule has 1 amide bonds. The van der Waals surface area contributed by atoms with Crippen molar-refractivity contribution in [1.29, 1.82) is 0 Å². The third kappa shape index (κ3) is 5.70. The molecule has 0 atom stereocenters. The van der Waals surface area contributed by atoms with Crippen LogP contribution in [0.3, 0.4) is 0 Å². The lowest BCUT2D eigenvalue weighted by atomic mass is 10.1. The average molecular weight is 391 g/mol. The van der Waals surface area contributed by atoms with Crippen molar-refractivity contribution in [3.05, 3.63) is 53.6 Å². The minimum atomic E-state index is -3.89. The molecule has 2 aromatic rings. The number of benzene rings is 2. The van der Waals surface area contributed by atoms with E-state index in [0.717, 1.165) is 18.5 Å². The number of rotatable bonds is 8. The summed E-state index contributed by atoms with van der Waals surface area (Å²) in [5.41, 5.74) is 2.46. The van der Waals surface area contributed by atoms with E-state index in [1.54, 1.807) is 0 Å². The molecule has 0 aliphatic heterocycles. The maximum atomic E-state index is 12.4. The Hall–Kier alpha value is -2.58. The van der Waals surface area contributed by atoms with Gasteiger partial charge < -0.3 is 15.0 Å². The molecule has 0 unspecified atom stereocenters. The third-order valence-corrected chi connectivity index (χ3v) is 5.04. The van der Waals surface area contributed by atoms with Crippen molar-refractivity contribution in [3.63, 3.8) is 0 Å². The summed E-state index contributed by atoms with van der Waals surface area (Å²) in [5, 5.41) is 7.92. The largest absolute Gasteiger partial charge is 0.496 e. The number of ether oxygens (including phenoxy) is 1. The van der Waals surface area contributed by atoms with Crippen molar-refractivity contribution in [1.82, 2.24) is 5.32 Å². The number of methoxy groups -OCH3 is 1. The van der Waals surface area contributed by atoms with E-state index in [-0.39, 0.29) is 10.5 Å². The molecule has 0 saturated carbocycles. The molecule has 0 aromatic heterocycles. The molecule has 2 aromatic carbocycles. The van der Waals surface area contributed by atoms with Crippen LogP contribution in [-0.4, -0.2) is 42.1 Å². The predicted octanol–water partition coefficient (Wildman–Crippen LogP) is 1.77. The molecule has 7 nitrogen and oxygen atoms in total. The van der Waals surface area contributed by atoms with Crippen molar-refractivity contribution >= 4 is 21.6 Å². The van der Waals surface area contributed by atoms with Crippen LogP contribution in [0, 0.1) is 0 Å². The van der Waals surface area contributed by atoms with Crippen LogP contribution >= 0.6 is 0 Å². The van der Waals surface area contributed by atoms with Gasteiger partial charge in [-0.1, -0.05) is 12.1 Å². The van der Waals surface area contributed by atoms with E-state index in [9.17, 15) is 13.2 Å². The Kier molecular flexibility index (Phi) is 6.81. The van der Waals surface area contributed by atoms with Gasteiger partial charge in [0.15, 0.2) is 0 Å². The molecule has 0 bridgehead atoms. The van der Waals surface area contributed by atoms with Gasteiger partial charge in [0.05, 0.1) is 17.6 Å². The lowest BCUT2D eigenvalue weighted by Crippen LogP contribution is -2.26. The zero-order chi connectivity index (χ0) is 20.0. The van der Waals surface area contributed by atoms with Gasteiger partial charge >= 0.3 is 0 Å². The van der Waals surface area contributed by atoms with Crippen LogP contribution in [0.2, 0.25) is 0 Å². The fourth-order valence-corrected chi connectivity index (χ4v) is 3.13. The molecule has 0 fully saturated rings. The van der Waals surface area contributed by atoms with Gasteiger partial charge in [0.2, 0.25) is 10.0 Å². The number of primary sulfonamides is 1. The molecule has 0 aliphatic rings. The number of carbonyl (C=O) groups is 1. The summed E-state index contributed by atoms with van der Waals surface area (Å²) in [6, 6.07) is 12.2. The number of carbonyl (C=O) groups excluding carboxylic acids is 1. The highest BCUT2D eigenvalue weighted by molar-refractivity contribution is 7.89. The summed E-state index contributed by atoms with van der Waals surface area (Å²) < 4.78 is 28.1. The molecular formula is C19H25N3O4S. The van der Waals surface area contributed by atoms with Gasteiger partial charge in [0.25, 0.3) is 5.91 Å². The zero-order valence-corrected chi connectivity index (χ0v) is 16.5. The second kappa shape index (κ2) is 8.88. The summed E-state index contributed by atoms with van der Waals surface area (Å²) in [7, 11) is 1.50. The number of nitrogens with two attached hydrogens (primary N) is 1. The summed E-state index contributed by atoms with van der Waals surface area (Å²) in [6.45, 7) is 0.455. The van der Waals surface area contributed by atoms with Crippen LogP contribution in [0.4, 0.5) is 5.69 Å². The number of sulfonamides is 1. The molecule has 8 heteroatoms. The van der Waals surface area contributed by atoms with Gasteiger partial charge in [0.1, 0.15) is 5.75 Å². The summed E-state index contributed by atoms with van der Waals surface area (Å²) in [4.78, 5) is 14.3. The van der Waals surface area contributed by atoms with Crippen LogP contribution in [0.25, 0.3) is 0 Å². The smallest absolute Gasteiger partial charge is 0.255 e. The fraction of sp³-hybridized carbons (Fsp3) is 0.316. The highest BCUT2D eigenvalue weighted by Gasteiger charge is 2.17. The van der Waals surface area contributed by atoms with E-state index in [2.05, 4.69) is 29.6 Å². The van der Waals surface area contributed by atoms with Gasteiger partial charge in [-0.15, -0.1) is 0 Å². The third-order valence-electron chi connectivity index (χ3n) is 4.12. The van der Waals surface area contributed by atoms with Gasteiger partial charge in [0, 0.05) is 26.3 Å². The first-order valence-corrected chi connectivity index (χ1v) is 10.0. The lowest BCUT2D eigenvalue weighted by Gasteiger charge is -2.13. The van der Waals surface area contributed by atoms with Crippen LogP contribution in [-0.2, 0) is 16.4 Å². The first kappa shape index (κ1) is 20.7. The first-order chi connectivity index (χ1) is 12.7. The number of hydrogen-bond donors (Lipinski definition) is 2. The van der Waals surface area contributed by atoms with Crippen molar-refractivity contribution in [3.8, 4) is 5.75 Å². The molecule has 0 aliphatic carbocycles. The topological polar surface area (TPSA) is 102 Å². The molecule has 27 heavy (non-hydrogen) atoms. The van der Waals surface area contributed by atoms with Crippen LogP contribution in [0.5, 0.6) is 5.75 Å². The second-order valence-corrected chi connectivity index (χ2v) is 7.89. The van der Waals surface area contributed by atoms with Crippen molar-refractivity contribution in [2.24, 2.45) is 5.14 Å². The van der Waals surface area contributed by atoms with E-state index in [1.165, 1.54) is 30.9 Å². The Morgan fingerprint density at radius 2 is 1.81 bits per heavy atom. The predicted molar refractivity (Wildman–Crippen MR) is 106 cm³/mol. The van der Waals surface area contributed by atoms with Crippen LogP contribution < -0.4 is 20.1 Å². The number of aryl methyl sites for hydroxylation is 1. The number of nitrogens with one attached hydrogen (secondary N) is 1. The van der Waals surface area contributed by atoms with Gasteiger partial charge in [-0.05, 0) is 48.7 Å². The lowest BCUT2D eigenvalue weighted by molar-refractivity contribution is 0.0950. The molecule has 2 rings (SSSR count). The zero-order valence-electron chi connectivity index (χ0n) is 15.7. The van der Waals surface area contributed by atoms with E-state index < -0.39 is 15.9 Å². The number of amides is 1. The summed E-state index contributed by atoms with van der Waals surface area (Å²) in [6.07, 6.45) is 1.58. The molecule has 146 valence electrons. The maximum Gasteiger partial charge on any atom is 0.255 e. The normalized spacial score (nSPS) is 11.1. The Bertz CT molecular complexity index is 894. The van der Waals surface area contributed by atoms with E-state index in [0.29, 0.717) is 12.3 Å². The summed E-state index contributed by atoms with van der Waals surface area (Å²) >= 11 is 0. The monoisotopic (exact) mass is 391 g/mol. The quantitative estimate of drug-likeness (QED) is 0.668. The Morgan fingerprint density at radius 3 is 2.37 bits per heavy atom. The highest BCUT2D eigenvalue weighted by Crippen LogP contribution is 2.22. The number of nitrogens with zero attached hydrogens (tertiary/aromatic N) is 1. The maximum absolute atomic E-state index is 12.4. The minimum absolute atomic E-state index is 0.130. The standard InChI is InChI=1S/C19H25N3O4S/c1-22(2)15-8-6-14(7-9-15)5-4-12-21-19(23)17-13-16(27(20,24)25)10-11-18(17)26-3/h6-11,13H,4-5,12H2,1-3H3,(H,21,23)(H2,20,24,25). The van der Waals surface area contributed by atoms with E-state index in [1.807, 2.05) is 19.0 Å². The van der Waals surface area contributed by atoms with Gasteiger partial charge in [-0.25, -0.2) is 13.6 Å². The Labute approximate surface area is 160 Å². The molecule has 0 saturated heterocycles. The molecular weight excluding hydrogens is 366 g/mol. The van der Waals surface area contributed by atoms with Gasteiger partial charge in [-0.3, -0.25) is 4.79 Å². The second-order valence-electron chi connectivity index (χ2n) is 6.33. The van der Waals surface area contributed by atoms with Crippen molar-refractivity contribution < 1.29 is 17.9 Å². The number of anilines is 1. The fourth-order valence-electron chi connectivity index (χ4n) is 2.59. The minimum Gasteiger partial charge on any atom is -0.496 e. The molecule has 3 N–H and O–H groups in total. The highest BCUT2D eigenvalue weighted by atomic mass is 32.2. The van der Waals surface area contributed by atoms with Crippen molar-refractivity contribution in [2.45, 2.75) is 17.7 Å². The van der Waals surface area contributed by atoms with Crippen molar-refractivity contribution in [2.75, 3.05) is 32.6 Å². The van der Waals surface area contributed by atoms with Crippen LogP contribution in [0.15, 0.2) is 47.4 Å². The number of hydrogen-bond acceptors (Lipinski definition) is 5. The molecule has 0 spiro atoms. The SMILES string of the molecule is COc1ccc(S(N)(=O)=O)cc1C(=O)NCCCc1ccc(N(C)C)cc1. The summed E-state index contributed by atoms with van der Waals surface area (Å²) in [5.74, 6) is -0.112. The first-order valence-electron chi connectivity index (χ1n) is 8.47.